The molecule has 4 atom stereocenters. The van der Waals surface area contributed by atoms with Crippen LogP contribution < -0.4 is 16.0 Å². The van der Waals surface area contributed by atoms with Crippen molar-refractivity contribution in [1.82, 2.24) is 5.32 Å². The summed E-state index contributed by atoms with van der Waals surface area (Å²) < 4.78 is 0. The molecule has 1 spiro atoms. The summed E-state index contributed by atoms with van der Waals surface area (Å²) in [7, 11) is 0. The highest BCUT2D eigenvalue weighted by atomic mass is 16.3. The van der Waals surface area contributed by atoms with E-state index in [1.165, 1.54) is 5.71 Å². The van der Waals surface area contributed by atoms with Gasteiger partial charge in [0.1, 0.15) is 6.04 Å². The van der Waals surface area contributed by atoms with Crippen LogP contribution in [0.4, 0.5) is 0 Å². The number of guanidine groups is 1. The number of rotatable bonds is 1. The molecule has 0 aromatic heterocycles. The number of fused-ring (bicyclic) bond motifs is 2. The number of hydrogen-bond donors (Lipinski definition) is 4. The average Bonchev–Trinajstić information content (AvgIpc) is 2.89. The number of aliphatic hydroxyl groups is 1. The van der Waals surface area contributed by atoms with E-state index in [0.717, 1.165) is 25.0 Å². The first-order valence-electron chi connectivity index (χ1n) is 6.17. The Labute approximate surface area is 98.7 Å². The second-order valence-corrected chi connectivity index (χ2v) is 5.31. The molecule has 4 aliphatic rings. The van der Waals surface area contributed by atoms with Gasteiger partial charge in [-0.3, -0.25) is 21.0 Å². The molecule has 4 rings (SSSR count). The zero-order valence-corrected chi connectivity index (χ0v) is 9.48. The Kier molecular flexibility index (Phi) is 1.62. The molecule has 2 aliphatic heterocycles. The number of hydrogen-bond acceptors (Lipinski definition) is 5. The van der Waals surface area contributed by atoms with Gasteiger partial charge in [0, 0.05) is 0 Å². The summed E-state index contributed by atoms with van der Waals surface area (Å²) in [5.74, 6) is 0.871. The van der Waals surface area contributed by atoms with Crippen LogP contribution in [0.25, 0.3) is 0 Å². The van der Waals surface area contributed by atoms with Crippen molar-refractivity contribution in [2.45, 2.75) is 37.0 Å². The zero-order chi connectivity index (χ0) is 11.6. The Morgan fingerprint density at radius 1 is 1.47 bits per heavy atom. The van der Waals surface area contributed by atoms with Gasteiger partial charge in [0.2, 0.25) is 5.66 Å². The SMILES string of the molecule is NC1=[NH+]C(CO)CC2[C@H]3N=C4CCC4=NC23N1. The largest absolute Gasteiger partial charge is 0.393 e. The summed E-state index contributed by atoms with van der Waals surface area (Å²) in [6, 6.07) is 0.228. The lowest BCUT2D eigenvalue weighted by molar-refractivity contribution is -0.510. The van der Waals surface area contributed by atoms with Crippen molar-refractivity contribution in [3.8, 4) is 0 Å². The quantitative estimate of drug-likeness (QED) is 0.392. The minimum absolute atomic E-state index is 0.00975. The van der Waals surface area contributed by atoms with Crippen LogP contribution in [0.5, 0.6) is 0 Å². The van der Waals surface area contributed by atoms with Crippen molar-refractivity contribution in [2.24, 2.45) is 21.6 Å². The fourth-order valence-corrected chi connectivity index (χ4v) is 3.22. The fraction of sp³-hybridized carbons (Fsp3) is 0.727. The minimum Gasteiger partial charge on any atom is -0.393 e. The van der Waals surface area contributed by atoms with E-state index in [-0.39, 0.29) is 24.4 Å². The lowest BCUT2D eigenvalue weighted by Gasteiger charge is -2.25. The Morgan fingerprint density at radius 3 is 3.00 bits per heavy atom. The maximum atomic E-state index is 9.29. The molecule has 6 nitrogen and oxygen atoms in total. The molecule has 0 aromatic rings. The molecular formula is C11H16N5O+. The fourth-order valence-electron chi connectivity index (χ4n) is 3.22. The van der Waals surface area contributed by atoms with Gasteiger partial charge < -0.3 is 5.11 Å². The topological polar surface area (TPSA) is 97.0 Å². The van der Waals surface area contributed by atoms with Gasteiger partial charge in [-0.1, -0.05) is 0 Å². The predicted molar refractivity (Wildman–Crippen MR) is 62.9 cm³/mol. The smallest absolute Gasteiger partial charge is 0.343 e. The Balaban J connectivity index is 1.71. The Bertz CT molecular complexity index is 482. The first-order valence-corrected chi connectivity index (χ1v) is 6.17. The molecule has 0 amide bonds. The van der Waals surface area contributed by atoms with Crippen LogP contribution in [0.1, 0.15) is 19.3 Å². The van der Waals surface area contributed by atoms with Gasteiger partial charge in [0.05, 0.1) is 30.0 Å². The molecule has 5 N–H and O–H groups in total. The lowest BCUT2D eigenvalue weighted by Crippen LogP contribution is -2.85. The number of aliphatic hydroxyl groups excluding tert-OH is 1. The molecule has 2 saturated carbocycles. The molecule has 6 heteroatoms. The lowest BCUT2D eigenvalue weighted by atomic mass is 9.93. The van der Waals surface area contributed by atoms with Gasteiger partial charge in [0.25, 0.3) is 0 Å². The molecule has 0 aromatic carbocycles. The van der Waals surface area contributed by atoms with E-state index in [4.69, 9.17) is 15.7 Å². The molecule has 0 radical (unpaired) electrons. The van der Waals surface area contributed by atoms with Crippen LogP contribution in [0.15, 0.2) is 9.98 Å². The van der Waals surface area contributed by atoms with Crippen LogP contribution in [0.2, 0.25) is 0 Å². The van der Waals surface area contributed by atoms with Gasteiger partial charge in [-0.25, -0.2) is 4.99 Å². The number of aliphatic imine (C=N–C) groups is 2. The van der Waals surface area contributed by atoms with Gasteiger partial charge in [-0.15, -0.1) is 0 Å². The summed E-state index contributed by atoms with van der Waals surface area (Å²) in [4.78, 5) is 12.6. The van der Waals surface area contributed by atoms with Gasteiger partial charge in [-0.05, 0) is 19.3 Å². The van der Waals surface area contributed by atoms with Crippen LogP contribution in [-0.4, -0.2) is 46.8 Å². The van der Waals surface area contributed by atoms with E-state index >= 15 is 0 Å². The normalized spacial score (nSPS) is 45.7. The third-order valence-corrected chi connectivity index (χ3v) is 4.29. The van der Waals surface area contributed by atoms with Gasteiger partial charge >= 0.3 is 5.96 Å². The summed E-state index contributed by atoms with van der Waals surface area (Å²) in [5, 5.41) is 12.5. The van der Waals surface area contributed by atoms with Crippen LogP contribution in [-0.2, 0) is 0 Å². The summed E-state index contributed by atoms with van der Waals surface area (Å²) >= 11 is 0. The molecule has 0 saturated heterocycles. The van der Waals surface area contributed by atoms with E-state index in [2.05, 4.69) is 10.3 Å². The van der Waals surface area contributed by atoms with Crippen LogP contribution >= 0.6 is 0 Å². The first kappa shape index (κ1) is 9.58. The molecule has 17 heavy (non-hydrogen) atoms. The summed E-state index contributed by atoms with van der Waals surface area (Å²) in [6.07, 6.45) is 2.97. The number of nitrogens with zero attached hydrogens (tertiary/aromatic N) is 2. The van der Waals surface area contributed by atoms with Crippen molar-refractivity contribution in [1.29, 1.82) is 0 Å². The predicted octanol–water partition coefficient (Wildman–Crippen LogP) is -2.88. The standard InChI is InChI=1S/C11H15N5O/c12-10-13-5(4-17)3-6-9-11(6,16-10)15-8-2-1-7(8)14-9/h5-6,9,17H,1-4H2,(H3,12,13,16)/p+1/t5?,6?,9-,11?/m1/s1. The van der Waals surface area contributed by atoms with Crippen molar-refractivity contribution in [3.05, 3.63) is 0 Å². The Morgan fingerprint density at radius 2 is 2.29 bits per heavy atom. The highest BCUT2D eigenvalue weighted by Crippen LogP contribution is 2.53. The monoisotopic (exact) mass is 234 g/mol. The summed E-state index contributed by atoms with van der Waals surface area (Å²) in [6.45, 7) is 0.0921. The number of nitrogens with one attached hydrogen (secondary N) is 2. The van der Waals surface area contributed by atoms with E-state index in [1.54, 1.807) is 0 Å². The molecule has 0 bridgehead atoms. The average molecular weight is 234 g/mol. The third kappa shape index (κ3) is 1.11. The van der Waals surface area contributed by atoms with Crippen LogP contribution in [0.3, 0.4) is 0 Å². The Hall–Kier alpha value is -1.43. The second kappa shape index (κ2) is 2.87. The van der Waals surface area contributed by atoms with E-state index in [9.17, 15) is 5.11 Å². The van der Waals surface area contributed by atoms with Gasteiger partial charge in [0.15, 0.2) is 0 Å². The summed E-state index contributed by atoms with van der Waals surface area (Å²) in [5.41, 5.74) is 7.91. The van der Waals surface area contributed by atoms with E-state index in [1.807, 2.05) is 0 Å². The first-order chi connectivity index (χ1) is 8.23. The highest BCUT2D eigenvalue weighted by molar-refractivity contribution is 6.48. The van der Waals surface area contributed by atoms with E-state index < -0.39 is 0 Å². The van der Waals surface area contributed by atoms with Crippen LogP contribution in [0, 0.1) is 5.92 Å². The third-order valence-electron chi connectivity index (χ3n) is 4.29. The molecular weight excluding hydrogens is 218 g/mol. The second-order valence-electron chi connectivity index (χ2n) is 5.31. The molecule has 3 unspecified atom stereocenters. The van der Waals surface area contributed by atoms with Crippen molar-refractivity contribution in [2.75, 3.05) is 6.61 Å². The molecule has 90 valence electrons. The molecule has 2 heterocycles. The molecule has 2 aliphatic carbocycles. The van der Waals surface area contributed by atoms with Gasteiger partial charge in [-0.2, -0.15) is 0 Å². The number of nitrogens with two attached hydrogens (primary N) is 1. The van der Waals surface area contributed by atoms with Crippen molar-refractivity contribution >= 4 is 17.4 Å². The van der Waals surface area contributed by atoms with E-state index in [0.29, 0.717) is 11.9 Å². The maximum Gasteiger partial charge on any atom is 0.343 e. The highest BCUT2D eigenvalue weighted by Gasteiger charge is 2.72. The van der Waals surface area contributed by atoms with Crippen molar-refractivity contribution < 1.29 is 10.1 Å². The minimum atomic E-state index is -0.305. The maximum absolute atomic E-state index is 9.29. The zero-order valence-electron chi connectivity index (χ0n) is 9.48. The molecule has 2 fully saturated rings. The van der Waals surface area contributed by atoms with Crippen molar-refractivity contribution in [3.63, 3.8) is 0 Å².